The summed E-state index contributed by atoms with van der Waals surface area (Å²) in [5, 5.41) is 2.61. The second-order valence-electron chi connectivity index (χ2n) is 4.72. The first-order chi connectivity index (χ1) is 7.93. The first kappa shape index (κ1) is 10.4. The fourth-order valence-corrected chi connectivity index (χ4v) is 3.59. The zero-order valence-corrected chi connectivity index (χ0v) is 10.5. The second kappa shape index (κ2) is 4.62. The molecule has 0 unspecified atom stereocenters. The quantitative estimate of drug-likeness (QED) is 0.788. The first-order valence-corrected chi connectivity index (χ1v) is 7.21. The highest BCUT2D eigenvalue weighted by Crippen LogP contribution is 2.32. The summed E-state index contributed by atoms with van der Waals surface area (Å²) in [5.74, 6) is 0. The minimum absolute atomic E-state index is 1.20. The van der Waals surface area contributed by atoms with Crippen LogP contribution in [0.3, 0.4) is 0 Å². The fourth-order valence-electron chi connectivity index (χ4n) is 2.57. The van der Waals surface area contributed by atoms with Crippen molar-refractivity contribution >= 4 is 21.5 Å². The average Bonchev–Trinajstić information content (AvgIpc) is 3.01. The molecule has 0 aliphatic carbocycles. The molecule has 88 valence electrons. The average molecular weight is 237 g/mol. The summed E-state index contributed by atoms with van der Waals surface area (Å²) in [6, 6.07) is 0. The molecule has 2 aliphatic heterocycles. The summed E-state index contributed by atoms with van der Waals surface area (Å²) in [5.41, 5.74) is 0. The Morgan fingerprint density at radius 1 is 0.875 bits per heavy atom. The van der Waals surface area contributed by atoms with Gasteiger partial charge in [0.1, 0.15) is 5.00 Å². The molecule has 0 N–H and O–H groups in total. The van der Waals surface area contributed by atoms with E-state index < -0.39 is 0 Å². The van der Waals surface area contributed by atoms with E-state index in [0.29, 0.717) is 0 Å². The van der Waals surface area contributed by atoms with Gasteiger partial charge in [-0.3, -0.25) is 0 Å². The van der Waals surface area contributed by atoms with Gasteiger partial charge in [0.05, 0.1) is 6.20 Å². The van der Waals surface area contributed by atoms with Gasteiger partial charge in [-0.1, -0.05) is 11.3 Å². The summed E-state index contributed by atoms with van der Waals surface area (Å²) < 4.78 is 0. The number of aromatic nitrogens is 1. The van der Waals surface area contributed by atoms with Crippen molar-refractivity contribution in [2.24, 2.45) is 0 Å². The Morgan fingerprint density at radius 2 is 1.50 bits per heavy atom. The number of anilines is 2. The van der Waals surface area contributed by atoms with Crippen LogP contribution in [0.2, 0.25) is 0 Å². The van der Waals surface area contributed by atoms with E-state index in [1.807, 2.05) is 11.3 Å². The van der Waals surface area contributed by atoms with E-state index in [0.717, 1.165) is 0 Å². The molecule has 16 heavy (non-hydrogen) atoms. The van der Waals surface area contributed by atoms with E-state index in [9.17, 15) is 0 Å². The van der Waals surface area contributed by atoms with Crippen molar-refractivity contribution in [3.8, 4) is 0 Å². The SMILES string of the molecule is c1nc(N2CCCCC2)sc1N1CCCC1. The number of hydrogen-bond acceptors (Lipinski definition) is 4. The molecule has 0 atom stereocenters. The molecular weight excluding hydrogens is 218 g/mol. The molecule has 0 bridgehead atoms. The van der Waals surface area contributed by atoms with E-state index >= 15 is 0 Å². The topological polar surface area (TPSA) is 19.4 Å². The van der Waals surface area contributed by atoms with E-state index in [1.165, 1.54) is 68.4 Å². The molecule has 0 aromatic carbocycles. The van der Waals surface area contributed by atoms with Crippen molar-refractivity contribution in [1.82, 2.24) is 4.98 Å². The molecule has 3 nitrogen and oxygen atoms in total. The molecule has 2 fully saturated rings. The van der Waals surface area contributed by atoms with Crippen LogP contribution in [0.5, 0.6) is 0 Å². The van der Waals surface area contributed by atoms with E-state index in [2.05, 4.69) is 21.0 Å². The summed E-state index contributed by atoms with van der Waals surface area (Å²) in [4.78, 5) is 9.52. The normalized spacial score (nSPS) is 21.8. The van der Waals surface area contributed by atoms with Crippen LogP contribution in [0.15, 0.2) is 6.20 Å². The summed E-state index contributed by atoms with van der Waals surface area (Å²) in [6.07, 6.45) is 8.81. The molecule has 2 aliphatic rings. The zero-order chi connectivity index (χ0) is 10.8. The minimum atomic E-state index is 1.20. The predicted molar refractivity (Wildman–Crippen MR) is 69.6 cm³/mol. The highest BCUT2D eigenvalue weighted by molar-refractivity contribution is 7.19. The zero-order valence-electron chi connectivity index (χ0n) is 9.69. The number of rotatable bonds is 2. The van der Waals surface area contributed by atoms with Crippen LogP contribution in [-0.2, 0) is 0 Å². The third kappa shape index (κ3) is 2.03. The van der Waals surface area contributed by atoms with Crippen LogP contribution in [-0.4, -0.2) is 31.2 Å². The Hall–Kier alpha value is -0.770. The van der Waals surface area contributed by atoms with Gasteiger partial charge >= 0.3 is 0 Å². The Kier molecular flexibility index (Phi) is 3.00. The van der Waals surface area contributed by atoms with Crippen molar-refractivity contribution in [2.75, 3.05) is 36.0 Å². The van der Waals surface area contributed by atoms with E-state index in [-0.39, 0.29) is 0 Å². The van der Waals surface area contributed by atoms with Crippen molar-refractivity contribution < 1.29 is 0 Å². The van der Waals surface area contributed by atoms with Gasteiger partial charge in [-0.25, -0.2) is 4.98 Å². The number of nitrogens with zero attached hydrogens (tertiary/aromatic N) is 3. The van der Waals surface area contributed by atoms with Crippen LogP contribution in [0.1, 0.15) is 32.1 Å². The van der Waals surface area contributed by atoms with Crippen LogP contribution < -0.4 is 9.80 Å². The monoisotopic (exact) mass is 237 g/mol. The Bertz CT molecular complexity index is 338. The van der Waals surface area contributed by atoms with Crippen LogP contribution in [0.25, 0.3) is 0 Å². The van der Waals surface area contributed by atoms with Gasteiger partial charge in [-0.2, -0.15) is 0 Å². The number of thiazole rings is 1. The Labute approximate surface area is 101 Å². The molecule has 1 aromatic rings. The summed E-state index contributed by atoms with van der Waals surface area (Å²) >= 11 is 1.88. The predicted octanol–water partition coefficient (Wildman–Crippen LogP) is 2.73. The maximum atomic E-state index is 4.59. The fraction of sp³-hybridized carbons (Fsp3) is 0.750. The van der Waals surface area contributed by atoms with Gasteiger partial charge in [0, 0.05) is 26.2 Å². The highest BCUT2D eigenvalue weighted by Gasteiger charge is 2.18. The second-order valence-corrected chi connectivity index (χ2v) is 5.71. The van der Waals surface area contributed by atoms with E-state index in [1.54, 1.807) is 0 Å². The van der Waals surface area contributed by atoms with Gasteiger partial charge in [0.15, 0.2) is 5.13 Å². The molecule has 0 radical (unpaired) electrons. The van der Waals surface area contributed by atoms with Gasteiger partial charge in [-0.05, 0) is 32.1 Å². The number of piperidine rings is 1. The standard InChI is InChI=1S/C12H19N3S/c1-2-8-15(9-3-1)12-13-10-11(16-12)14-6-4-5-7-14/h10H,1-9H2. The Balaban J connectivity index is 1.71. The Morgan fingerprint density at radius 3 is 2.25 bits per heavy atom. The lowest BCUT2D eigenvalue weighted by Crippen LogP contribution is -2.29. The molecule has 0 spiro atoms. The molecule has 0 saturated carbocycles. The first-order valence-electron chi connectivity index (χ1n) is 6.39. The molecular formula is C12H19N3S. The molecule has 2 saturated heterocycles. The molecule has 3 rings (SSSR count). The maximum Gasteiger partial charge on any atom is 0.187 e. The van der Waals surface area contributed by atoms with Crippen molar-refractivity contribution in [2.45, 2.75) is 32.1 Å². The van der Waals surface area contributed by atoms with Crippen LogP contribution in [0, 0.1) is 0 Å². The molecule has 1 aromatic heterocycles. The van der Waals surface area contributed by atoms with Crippen molar-refractivity contribution in [3.63, 3.8) is 0 Å². The molecule has 3 heterocycles. The van der Waals surface area contributed by atoms with Gasteiger partial charge in [0.2, 0.25) is 0 Å². The summed E-state index contributed by atoms with van der Waals surface area (Å²) in [7, 11) is 0. The summed E-state index contributed by atoms with van der Waals surface area (Å²) in [6.45, 7) is 4.85. The third-order valence-electron chi connectivity index (χ3n) is 3.53. The molecule has 4 heteroatoms. The molecule has 0 amide bonds. The van der Waals surface area contributed by atoms with Crippen molar-refractivity contribution in [3.05, 3.63) is 6.20 Å². The van der Waals surface area contributed by atoms with Crippen LogP contribution in [0.4, 0.5) is 10.1 Å². The smallest absolute Gasteiger partial charge is 0.187 e. The highest BCUT2D eigenvalue weighted by atomic mass is 32.1. The number of hydrogen-bond donors (Lipinski definition) is 0. The lowest BCUT2D eigenvalue weighted by atomic mass is 10.1. The van der Waals surface area contributed by atoms with Gasteiger partial charge in [0.25, 0.3) is 0 Å². The van der Waals surface area contributed by atoms with E-state index in [4.69, 9.17) is 0 Å². The minimum Gasteiger partial charge on any atom is -0.362 e. The van der Waals surface area contributed by atoms with Gasteiger partial charge in [-0.15, -0.1) is 0 Å². The lowest BCUT2D eigenvalue weighted by Gasteiger charge is -2.25. The largest absolute Gasteiger partial charge is 0.362 e. The van der Waals surface area contributed by atoms with Crippen molar-refractivity contribution in [1.29, 1.82) is 0 Å². The third-order valence-corrected chi connectivity index (χ3v) is 4.64. The van der Waals surface area contributed by atoms with Gasteiger partial charge < -0.3 is 9.80 Å². The maximum absolute atomic E-state index is 4.59. The lowest BCUT2D eigenvalue weighted by molar-refractivity contribution is 0.577. The van der Waals surface area contributed by atoms with Crippen LogP contribution >= 0.6 is 11.3 Å².